The third kappa shape index (κ3) is 4.23. The van der Waals surface area contributed by atoms with Gasteiger partial charge in [-0.1, -0.05) is 34.6 Å². The molecule has 4 rings (SSSR count). The molecule has 1 aromatic carbocycles. The van der Waals surface area contributed by atoms with E-state index in [2.05, 4.69) is 25.3 Å². The van der Waals surface area contributed by atoms with Crippen LogP contribution in [0, 0.1) is 6.92 Å². The van der Waals surface area contributed by atoms with Gasteiger partial charge in [0.05, 0.1) is 5.69 Å². The number of hydrogen-bond acceptors (Lipinski definition) is 7. The van der Waals surface area contributed by atoms with Crippen LogP contribution < -0.4 is 0 Å². The van der Waals surface area contributed by atoms with E-state index in [-0.39, 0.29) is 0 Å². The molecule has 0 amide bonds. The Bertz CT molecular complexity index is 1070. The fourth-order valence-corrected chi connectivity index (χ4v) is 3.64. The van der Waals surface area contributed by atoms with Crippen LogP contribution in [0.4, 0.5) is 0 Å². The minimum absolute atomic E-state index is 0.584. The predicted molar refractivity (Wildman–Crippen MR) is 108 cm³/mol. The molecular formula is C19H17ClN6OS. The van der Waals surface area contributed by atoms with Crippen LogP contribution in [0.15, 0.2) is 58.7 Å². The van der Waals surface area contributed by atoms with Crippen molar-refractivity contribution in [3.8, 4) is 17.1 Å². The van der Waals surface area contributed by atoms with Crippen LogP contribution in [0.3, 0.4) is 0 Å². The zero-order valence-electron chi connectivity index (χ0n) is 15.1. The summed E-state index contributed by atoms with van der Waals surface area (Å²) in [7, 11) is 0. The highest BCUT2D eigenvalue weighted by molar-refractivity contribution is 7.99. The van der Waals surface area contributed by atoms with Gasteiger partial charge in [-0.25, -0.2) is 0 Å². The quantitative estimate of drug-likeness (QED) is 0.328. The summed E-state index contributed by atoms with van der Waals surface area (Å²) in [5, 5.41) is 13.8. The van der Waals surface area contributed by atoms with E-state index in [9.17, 15) is 0 Å². The van der Waals surface area contributed by atoms with Crippen molar-refractivity contribution in [2.24, 2.45) is 0 Å². The van der Waals surface area contributed by atoms with E-state index in [1.807, 2.05) is 41.8 Å². The molecular weight excluding hydrogens is 396 g/mol. The van der Waals surface area contributed by atoms with Crippen molar-refractivity contribution in [1.82, 2.24) is 29.9 Å². The first-order chi connectivity index (χ1) is 13.7. The summed E-state index contributed by atoms with van der Waals surface area (Å²) in [5.41, 5.74) is 2.88. The molecule has 0 aliphatic carbocycles. The molecule has 0 spiro atoms. The molecule has 0 unspecified atom stereocenters. The molecule has 0 N–H and O–H groups in total. The van der Waals surface area contributed by atoms with Crippen LogP contribution in [-0.2, 0) is 6.42 Å². The minimum atomic E-state index is 0.584. The van der Waals surface area contributed by atoms with Crippen LogP contribution in [-0.4, -0.2) is 35.6 Å². The monoisotopic (exact) mass is 412 g/mol. The van der Waals surface area contributed by atoms with Gasteiger partial charge in [0.1, 0.15) is 6.33 Å². The molecule has 0 fully saturated rings. The number of nitrogens with zero attached hydrogens (tertiary/aromatic N) is 6. The maximum atomic E-state index is 6.24. The predicted octanol–water partition coefficient (Wildman–Crippen LogP) is 4.40. The Hall–Kier alpha value is -2.71. The van der Waals surface area contributed by atoms with Crippen molar-refractivity contribution in [2.45, 2.75) is 24.9 Å². The fourth-order valence-electron chi connectivity index (χ4n) is 2.59. The third-order valence-corrected chi connectivity index (χ3v) is 5.56. The van der Waals surface area contributed by atoms with E-state index >= 15 is 0 Å². The van der Waals surface area contributed by atoms with Crippen LogP contribution in [0.2, 0.25) is 5.02 Å². The lowest BCUT2D eigenvalue weighted by Crippen LogP contribution is -1.97. The van der Waals surface area contributed by atoms with Gasteiger partial charge in [-0.05, 0) is 43.2 Å². The van der Waals surface area contributed by atoms with Crippen molar-refractivity contribution in [2.75, 3.05) is 5.75 Å². The summed E-state index contributed by atoms with van der Waals surface area (Å²) in [5.74, 6) is 2.06. The highest BCUT2D eigenvalue weighted by Gasteiger charge is 2.11. The number of aryl methyl sites for hydroxylation is 2. The number of aromatic nitrogens is 6. The maximum absolute atomic E-state index is 6.24. The molecule has 0 aliphatic heterocycles. The number of benzene rings is 1. The number of pyridine rings is 1. The zero-order chi connectivity index (χ0) is 19.3. The Balaban J connectivity index is 1.34. The maximum Gasteiger partial charge on any atom is 0.226 e. The van der Waals surface area contributed by atoms with Crippen molar-refractivity contribution in [3.63, 3.8) is 0 Å². The van der Waals surface area contributed by atoms with Gasteiger partial charge < -0.3 is 4.52 Å². The van der Waals surface area contributed by atoms with Crippen molar-refractivity contribution in [1.29, 1.82) is 0 Å². The number of halogens is 1. The molecule has 0 aliphatic rings. The molecule has 0 bridgehead atoms. The molecule has 28 heavy (non-hydrogen) atoms. The molecule has 0 atom stereocenters. The van der Waals surface area contributed by atoms with Gasteiger partial charge in [0, 0.05) is 35.2 Å². The van der Waals surface area contributed by atoms with E-state index in [0.717, 1.165) is 39.2 Å². The summed E-state index contributed by atoms with van der Waals surface area (Å²) >= 11 is 7.87. The Morgan fingerprint density at radius 2 is 2.04 bits per heavy atom. The lowest BCUT2D eigenvalue weighted by atomic mass is 10.2. The fraction of sp³-hybridized carbons (Fsp3) is 0.211. The lowest BCUT2D eigenvalue weighted by molar-refractivity contribution is 0.378. The number of rotatable bonds is 7. The first kappa shape index (κ1) is 18.6. The van der Waals surface area contributed by atoms with Gasteiger partial charge in [0.15, 0.2) is 5.16 Å². The normalized spacial score (nSPS) is 11.1. The third-order valence-electron chi connectivity index (χ3n) is 4.12. The molecule has 3 heterocycles. The van der Waals surface area contributed by atoms with Gasteiger partial charge in [0.2, 0.25) is 11.7 Å². The molecule has 7 nitrogen and oxygen atoms in total. The lowest BCUT2D eigenvalue weighted by Gasteiger charge is -2.07. The molecule has 3 aromatic heterocycles. The molecule has 0 radical (unpaired) electrons. The van der Waals surface area contributed by atoms with Crippen molar-refractivity contribution < 1.29 is 4.52 Å². The zero-order valence-corrected chi connectivity index (χ0v) is 16.7. The summed E-state index contributed by atoms with van der Waals surface area (Å²) in [6, 6.07) is 9.63. The number of hydrogen-bond donors (Lipinski definition) is 0. The van der Waals surface area contributed by atoms with E-state index in [4.69, 9.17) is 16.1 Å². The Kier molecular flexibility index (Phi) is 5.68. The van der Waals surface area contributed by atoms with E-state index in [1.54, 1.807) is 30.5 Å². The van der Waals surface area contributed by atoms with E-state index in [0.29, 0.717) is 18.1 Å². The van der Waals surface area contributed by atoms with Gasteiger partial charge in [-0.2, -0.15) is 4.98 Å². The second kappa shape index (κ2) is 8.53. The Morgan fingerprint density at radius 3 is 2.86 bits per heavy atom. The van der Waals surface area contributed by atoms with Crippen LogP contribution in [0.1, 0.15) is 17.9 Å². The van der Waals surface area contributed by atoms with Gasteiger partial charge in [0.25, 0.3) is 0 Å². The summed E-state index contributed by atoms with van der Waals surface area (Å²) in [4.78, 5) is 8.43. The average molecular weight is 413 g/mol. The first-order valence-corrected chi connectivity index (χ1v) is 10.1. The standard InChI is InChI=1S/C19H17ClN6OS/c1-13-4-5-15(11-16(13)20)26-12-22-24-19(26)28-10-2-3-17-23-18(25-27-17)14-6-8-21-9-7-14/h4-9,11-12H,2-3,10H2,1H3. The van der Waals surface area contributed by atoms with Gasteiger partial charge in [-0.15, -0.1) is 10.2 Å². The minimum Gasteiger partial charge on any atom is -0.339 e. The Labute approximate surface area is 171 Å². The summed E-state index contributed by atoms with van der Waals surface area (Å²) in [6.45, 7) is 1.98. The molecule has 4 aromatic rings. The SMILES string of the molecule is Cc1ccc(-n2cnnc2SCCCc2nc(-c3ccncc3)no2)cc1Cl. The van der Waals surface area contributed by atoms with Gasteiger partial charge in [-0.3, -0.25) is 9.55 Å². The summed E-state index contributed by atoms with van der Waals surface area (Å²) in [6.07, 6.45) is 6.70. The molecule has 0 saturated carbocycles. The van der Waals surface area contributed by atoms with Gasteiger partial charge >= 0.3 is 0 Å². The highest BCUT2D eigenvalue weighted by Crippen LogP contribution is 2.24. The van der Waals surface area contributed by atoms with Crippen molar-refractivity contribution >= 4 is 23.4 Å². The van der Waals surface area contributed by atoms with Crippen LogP contribution >= 0.6 is 23.4 Å². The first-order valence-electron chi connectivity index (χ1n) is 8.73. The second-order valence-corrected chi connectivity index (χ2v) is 7.59. The smallest absolute Gasteiger partial charge is 0.226 e. The number of thioether (sulfide) groups is 1. The summed E-state index contributed by atoms with van der Waals surface area (Å²) < 4.78 is 7.27. The molecule has 142 valence electrons. The van der Waals surface area contributed by atoms with E-state index in [1.165, 1.54) is 0 Å². The topological polar surface area (TPSA) is 82.5 Å². The van der Waals surface area contributed by atoms with Crippen LogP contribution in [0.5, 0.6) is 0 Å². The molecule has 0 saturated heterocycles. The highest BCUT2D eigenvalue weighted by atomic mass is 35.5. The van der Waals surface area contributed by atoms with Crippen molar-refractivity contribution in [3.05, 3.63) is 65.5 Å². The van der Waals surface area contributed by atoms with Crippen LogP contribution in [0.25, 0.3) is 17.1 Å². The second-order valence-electron chi connectivity index (χ2n) is 6.12. The average Bonchev–Trinajstić information content (AvgIpc) is 3.38. The van der Waals surface area contributed by atoms with E-state index < -0.39 is 0 Å². The molecule has 9 heteroatoms. The largest absolute Gasteiger partial charge is 0.339 e. The Morgan fingerprint density at radius 1 is 1.18 bits per heavy atom.